The average Bonchev–Trinajstić information content (AvgIpc) is 3.34. The minimum Gasteiger partial charge on any atom is -1.00 e. The van der Waals surface area contributed by atoms with Gasteiger partial charge in [-0.25, -0.2) is 0 Å². The molecule has 0 aliphatic heterocycles. The van der Waals surface area contributed by atoms with Crippen LogP contribution in [0.3, 0.4) is 0 Å². The molecule has 0 atom stereocenters. The van der Waals surface area contributed by atoms with Crippen LogP contribution in [-0.2, 0) is 34.7 Å². The number of rotatable bonds is 2. The maximum Gasteiger partial charge on any atom is -1.00 e. The molecule has 0 N–H and O–H groups in total. The summed E-state index contributed by atoms with van der Waals surface area (Å²) in [5.74, 6) is 0. The molecular formula is C33H42Cl2Ti. The molecule has 192 valence electrons. The molecule has 0 heterocycles. The molecule has 36 heavy (non-hydrogen) atoms. The molecule has 1 saturated carbocycles. The smallest absolute Gasteiger partial charge is 1.00 e. The summed E-state index contributed by atoms with van der Waals surface area (Å²) in [4.78, 5) is 0. The molecule has 3 aliphatic carbocycles. The third kappa shape index (κ3) is 5.88. The summed E-state index contributed by atoms with van der Waals surface area (Å²) < 4.78 is 5.53. The first kappa shape index (κ1) is 29.6. The zero-order valence-electron chi connectivity index (χ0n) is 23.0. The fourth-order valence-electron chi connectivity index (χ4n) is 6.03. The van der Waals surface area contributed by atoms with Crippen LogP contribution in [-0.4, -0.2) is 3.81 Å². The fraction of sp³-hybridized carbons (Fsp3) is 0.485. The van der Waals surface area contributed by atoms with Crippen molar-refractivity contribution in [2.75, 3.05) is 0 Å². The van der Waals surface area contributed by atoms with Gasteiger partial charge in [0.25, 0.3) is 0 Å². The zero-order chi connectivity index (χ0) is 24.1. The molecule has 5 rings (SSSR count). The van der Waals surface area contributed by atoms with Crippen LogP contribution in [0.5, 0.6) is 0 Å². The van der Waals surface area contributed by atoms with E-state index in [1.54, 1.807) is 18.9 Å². The zero-order valence-corrected chi connectivity index (χ0v) is 26.1. The Morgan fingerprint density at radius 1 is 0.722 bits per heavy atom. The minimum absolute atomic E-state index is 0. The van der Waals surface area contributed by atoms with E-state index in [1.807, 2.05) is 3.81 Å². The van der Waals surface area contributed by atoms with Crippen molar-refractivity contribution < 1.29 is 42.2 Å². The van der Waals surface area contributed by atoms with Crippen molar-refractivity contribution in [2.24, 2.45) is 0 Å². The Balaban J connectivity index is 0.00000180. The van der Waals surface area contributed by atoms with Gasteiger partial charge >= 0.3 is 215 Å². The SMILES string of the molecule is CC(C)(C)c1ccc2c(c1)-c1cc(C(C)(C)C)c[c]([Ti+2]([C]3=CC=CC3)=[C]3CCCCCC3)c1C2.[Cl-].[Cl-]. The van der Waals surface area contributed by atoms with E-state index in [9.17, 15) is 0 Å². The van der Waals surface area contributed by atoms with Crippen LogP contribution >= 0.6 is 0 Å². The normalized spacial score (nSPS) is 16.7. The van der Waals surface area contributed by atoms with Crippen LogP contribution in [0.25, 0.3) is 11.1 Å². The molecule has 0 unspecified atom stereocenters. The summed E-state index contributed by atoms with van der Waals surface area (Å²) in [5, 5.41) is 0. The van der Waals surface area contributed by atoms with Gasteiger partial charge in [-0.2, -0.15) is 0 Å². The van der Waals surface area contributed by atoms with Crippen LogP contribution in [0.15, 0.2) is 52.4 Å². The van der Waals surface area contributed by atoms with E-state index >= 15 is 0 Å². The largest absolute Gasteiger partial charge is 1.00 e. The third-order valence-corrected chi connectivity index (χ3v) is 13.2. The summed E-state index contributed by atoms with van der Waals surface area (Å²) in [6.45, 7) is 14.2. The predicted octanol–water partition coefficient (Wildman–Crippen LogP) is 2.47. The van der Waals surface area contributed by atoms with E-state index in [1.165, 1.54) is 67.2 Å². The molecule has 2 aromatic carbocycles. The van der Waals surface area contributed by atoms with Gasteiger partial charge in [0.2, 0.25) is 0 Å². The van der Waals surface area contributed by atoms with Gasteiger partial charge < -0.3 is 24.8 Å². The van der Waals surface area contributed by atoms with Gasteiger partial charge in [0, 0.05) is 0 Å². The molecule has 0 spiro atoms. The first-order valence-electron chi connectivity index (χ1n) is 13.5. The summed E-state index contributed by atoms with van der Waals surface area (Å²) >= 11 is -1.73. The van der Waals surface area contributed by atoms with Crippen LogP contribution in [0.1, 0.15) is 109 Å². The Bertz CT molecular complexity index is 1210. The first-order chi connectivity index (χ1) is 16.1. The van der Waals surface area contributed by atoms with E-state index in [2.05, 4.69) is 90.1 Å². The van der Waals surface area contributed by atoms with E-state index in [4.69, 9.17) is 0 Å². The topological polar surface area (TPSA) is 0 Å². The van der Waals surface area contributed by atoms with Gasteiger partial charge in [-0.1, -0.05) is 0 Å². The van der Waals surface area contributed by atoms with Crippen molar-refractivity contribution in [3.05, 3.63) is 74.7 Å². The molecule has 1 fully saturated rings. The maximum atomic E-state index is 2.68. The van der Waals surface area contributed by atoms with Crippen molar-refractivity contribution >= 4 is 7.68 Å². The van der Waals surface area contributed by atoms with Gasteiger partial charge in [0.05, 0.1) is 0 Å². The van der Waals surface area contributed by atoms with Gasteiger partial charge in [0.1, 0.15) is 0 Å². The Labute approximate surface area is 238 Å². The quantitative estimate of drug-likeness (QED) is 0.336. The van der Waals surface area contributed by atoms with Crippen molar-refractivity contribution in [1.82, 2.24) is 0 Å². The second-order valence-electron chi connectivity index (χ2n) is 12.8. The Hall–Kier alpha value is -0.916. The van der Waals surface area contributed by atoms with Crippen molar-refractivity contribution in [3.63, 3.8) is 0 Å². The molecule has 2 aromatic rings. The predicted molar refractivity (Wildman–Crippen MR) is 146 cm³/mol. The monoisotopic (exact) mass is 556 g/mol. The molecular weight excluding hydrogens is 515 g/mol. The molecule has 3 aliphatic rings. The molecule has 0 aromatic heterocycles. The van der Waals surface area contributed by atoms with E-state index in [-0.39, 0.29) is 35.6 Å². The number of hydrogen-bond acceptors (Lipinski definition) is 0. The number of fused-ring (bicyclic) bond motifs is 3. The number of allylic oxidation sites excluding steroid dienone is 4. The Kier molecular flexibility index (Phi) is 9.43. The van der Waals surface area contributed by atoms with Gasteiger partial charge in [-0.3, -0.25) is 0 Å². The van der Waals surface area contributed by atoms with Gasteiger partial charge in [0.15, 0.2) is 0 Å². The van der Waals surface area contributed by atoms with Crippen LogP contribution < -0.4 is 28.7 Å². The third-order valence-electron chi connectivity index (χ3n) is 8.17. The first-order valence-corrected chi connectivity index (χ1v) is 15.9. The van der Waals surface area contributed by atoms with Crippen LogP contribution in [0.2, 0.25) is 0 Å². The second-order valence-corrected chi connectivity index (χ2v) is 16.9. The molecule has 0 radical (unpaired) electrons. The summed E-state index contributed by atoms with van der Waals surface area (Å²) in [5.41, 5.74) is 9.60. The fourth-order valence-corrected chi connectivity index (χ4v) is 11.4. The van der Waals surface area contributed by atoms with E-state index in [0.29, 0.717) is 0 Å². The van der Waals surface area contributed by atoms with Crippen molar-refractivity contribution in [3.8, 4) is 11.1 Å². The second kappa shape index (κ2) is 11.4. The van der Waals surface area contributed by atoms with Crippen molar-refractivity contribution in [2.45, 2.75) is 104 Å². The minimum atomic E-state index is -1.73. The summed E-state index contributed by atoms with van der Waals surface area (Å²) in [6, 6.07) is 12.6. The number of benzene rings is 2. The van der Waals surface area contributed by atoms with Crippen LogP contribution in [0, 0.1) is 0 Å². The van der Waals surface area contributed by atoms with Gasteiger partial charge in [-0.15, -0.1) is 0 Å². The Morgan fingerprint density at radius 2 is 1.36 bits per heavy atom. The summed E-state index contributed by atoms with van der Waals surface area (Å²) in [6.07, 6.45) is 18.0. The van der Waals surface area contributed by atoms with E-state index in [0.717, 1.165) is 6.42 Å². The number of halogens is 2. The molecule has 3 heteroatoms. The Morgan fingerprint density at radius 3 is 1.94 bits per heavy atom. The molecule has 0 amide bonds. The summed E-state index contributed by atoms with van der Waals surface area (Å²) in [7, 11) is 0. The number of hydrogen-bond donors (Lipinski definition) is 0. The maximum absolute atomic E-state index is 2.68. The van der Waals surface area contributed by atoms with E-state index < -0.39 is 17.4 Å². The molecule has 0 nitrogen and oxygen atoms in total. The standard InChI is InChI=1S/C21H25.C7H12.C5H5.2ClH.Ti/c1-20(2,3)16-9-7-14-11-15-8-10-17(21(4,5)6)13-19(15)18(14)12-16;1-2-4-6-7-5-3-1;1-2-4-5-3-1;;;/h7,9-10,12-13H,11H2,1-6H3;1-6H2;1-3H,4H2;2*1H;/q;;;;;+2/p-2. The van der Waals surface area contributed by atoms with Crippen molar-refractivity contribution in [1.29, 1.82) is 0 Å². The average molecular weight is 557 g/mol. The molecule has 0 saturated heterocycles. The van der Waals surface area contributed by atoms with Crippen LogP contribution in [0.4, 0.5) is 0 Å². The molecule has 0 bridgehead atoms. The van der Waals surface area contributed by atoms with Gasteiger partial charge in [-0.05, 0) is 0 Å².